The Morgan fingerprint density at radius 3 is 2.20 bits per heavy atom. The van der Waals surface area contributed by atoms with Gasteiger partial charge in [-0.05, 0) is 118 Å². The molecule has 0 atom stereocenters. The maximum atomic E-state index is 6.61. The van der Waals surface area contributed by atoms with E-state index in [1.165, 1.54) is 33.2 Å². The maximum Gasteiger partial charge on any atom is 0.252 e. The molecule has 7 aromatic carbocycles. The SMILES string of the molecule is Cc1cc2c3c(c1)N(c1cccc4c1OCCO4)c1c(ccc4c1OCCO4)B3c1ccc(-c3cc4ccccc4o3)cc1N2c1cccc(C2=Cc3ccccc3C2)c1. The van der Waals surface area contributed by atoms with Crippen LogP contribution in [-0.4, -0.2) is 33.1 Å². The largest absolute Gasteiger partial charge is 0.486 e. The Labute approximate surface area is 347 Å². The quantitative estimate of drug-likeness (QED) is 0.165. The second-order valence-electron chi connectivity index (χ2n) is 16.2. The zero-order valence-corrected chi connectivity index (χ0v) is 32.9. The Morgan fingerprint density at radius 1 is 0.550 bits per heavy atom. The third-order valence-electron chi connectivity index (χ3n) is 12.6. The van der Waals surface area contributed by atoms with E-state index in [0.717, 1.165) is 96.9 Å². The molecule has 0 bridgehead atoms. The van der Waals surface area contributed by atoms with Crippen LogP contribution in [0.2, 0.25) is 0 Å². The summed E-state index contributed by atoms with van der Waals surface area (Å²) in [5.41, 5.74) is 18.0. The van der Waals surface area contributed by atoms with Crippen LogP contribution >= 0.6 is 0 Å². The van der Waals surface area contributed by atoms with Gasteiger partial charge in [-0.1, -0.05) is 84.9 Å². The molecule has 4 aliphatic heterocycles. The first-order valence-corrected chi connectivity index (χ1v) is 20.7. The monoisotopic (exact) mass is 780 g/mol. The number of aryl methyl sites for hydroxylation is 1. The van der Waals surface area contributed by atoms with Gasteiger partial charge in [-0.2, -0.15) is 0 Å². The molecule has 13 rings (SSSR count). The molecule has 8 aromatic rings. The van der Waals surface area contributed by atoms with Crippen LogP contribution in [0.25, 0.3) is 33.9 Å². The summed E-state index contributed by atoms with van der Waals surface area (Å²) in [5.74, 6) is 3.77. The minimum Gasteiger partial charge on any atom is -0.486 e. The van der Waals surface area contributed by atoms with Crippen LogP contribution in [0.1, 0.15) is 22.3 Å². The standard InChI is InChI=1S/C52H37BN2O5/c1-31-24-43-49-44(25-31)55(41-13-7-15-46-51(41)58-22-20-56-46)50-40(18-19-47-52(50)59-23-21-57-47)53(49)39-17-16-36(48-30-35-10-4-5-14-45(35)60-48)29-42(39)54(43)38-12-6-11-34(28-38)37-26-32-8-2-3-9-33(32)27-37/h2-19,24-26,28-30H,20-23,27H2,1H3. The molecule has 60 heavy (non-hydrogen) atoms. The predicted octanol–water partition coefficient (Wildman–Crippen LogP) is 10.1. The highest BCUT2D eigenvalue weighted by Gasteiger charge is 2.46. The molecule has 288 valence electrons. The minimum absolute atomic E-state index is 0.124. The molecular weight excluding hydrogens is 743 g/mol. The molecule has 0 spiro atoms. The molecule has 0 amide bonds. The average Bonchev–Trinajstić information content (AvgIpc) is 3.94. The molecule has 5 aliphatic rings. The Kier molecular flexibility index (Phi) is 7.20. The van der Waals surface area contributed by atoms with E-state index in [4.69, 9.17) is 23.4 Å². The number of para-hydroxylation sites is 2. The fourth-order valence-electron chi connectivity index (χ4n) is 10.1. The number of fused-ring (bicyclic) bond motifs is 9. The number of anilines is 6. The summed E-state index contributed by atoms with van der Waals surface area (Å²) in [7, 11) is 0. The summed E-state index contributed by atoms with van der Waals surface area (Å²) in [4.78, 5) is 4.80. The van der Waals surface area contributed by atoms with Gasteiger partial charge in [-0.3, -0.25) is 0 Å². The van der Waals surface area contributed by atoms with Gasteiger partial charge < -0.3 is 33.2 Å². The van der Waals surface area contributed by atoms with Crippen molar-refractivity contribution in [2.45, 2.75) is 13.3 Å². The lowest BCUT2D eigenvalue weighted by Crippen LogP contribution is -2.61. The zero-order valence-electron chi connectivity index (χ0n) is 32.9. The third-order valence-corrected chi connectivity index (χ3v) is 12.6. The molecule has 5 heterocycles. The van der Waals surface area contributed by atoms with Crippen LogP contribution in [0, 0.1) is 6.92 Å². The Bertz CT molecular complexity index is 3120. The molecular formula is C52H37BN2O5. The smallest absolute Gasteiger partial charge is 0.252 e. The Balaban J connectivity index is 1.08. The van der Waals surface area contributed by atoms with Crippen LogP contribution in [0.4, 0.5) is 34.1 Å². The van der Waals surface area contributed by atoms with E-state index in [0.29, 0.717) is 26.4 Å². The molecule has 8 heteroatoms. The van der Waals surface area contributed by atoms with E-state index in [1.54, 1.807) is 0 Å². The van der Waals surface area contributed by atoms with E-state index in [-0.39, 0.29) is 6.71 Å². The van der Waals surface area contributed by atoms with E-state index in [2.05, 4.69) is 138 Å². The first-order valence-electron chi connectivity index (χ1n) is 20.7. The van der Waals surface area contributed by atoms with Gasteiger partial charge in [0.2, 0.25) is 0 Å². The molecule has 0 fully saturated rings. The van der Waals surface area contributed by atoms with Gasteiger partial charge in [0, 0.05) is 33.7 Å². The second kappa shape index (κ2) is 12.8. The summed E-state index contributed by atoms with van der Waals surface area (Å²) in [5, 5.41) is 1.08. The van der Waals surface area contributed by atoms with Crippen LogP contribution in [0.5, 0.6) is 23.0 Å². The summed E-state index contributed by atoms with van der Waals surface area (Å²) >= 11 is 0. The van der Waals surface area contributed by atoms with E-state index >= 15 is 0 Å². The van der Waals surface area contributed by atoms with Gasteiger partial charge in [0.1, 0.15) is 37.8 Å². The summed E-state index contributed by atoms with van der Waals surface area (Å²) in [6.07, 6.45) is 3.25. The van der Waals surface area contributed by atoms with Crippen molar-refractivity contribution in [2.75, 3.05) is 36.2 Å². The van der Waals surface area contributed by atoms with Crippen molar-refractivity contribution in [1.29, 1.82) is 0 Å². The summed E-state index contributed by atoms with van der Waals surface area (Å²) < 4.78 is 32.0. The van der Waals surface area contributed by atoms with Crippen molar-refractivity contribution >= 4 is 79.8 Å². The number of nitrogens with zero attached hydrogens (tertiary/aromatic N) is 2. The summed E-state index contributed by atoms with van der Waals surface area (Å²) in [6.45, 7) is 4.00. The van der Waals surface area contributed by atoms with Crippen molar-refractivity contribution in [2.24, 2.45) is 0 Å². The summed E-state index contributed by atoms with van der Waals surface area (Å²) in [6, 6.07) is 50.1. The lowest BCUT2D eigenvalue weighted by molar-refractivity contribution is 0.171. The Morgan fingerprint density at radius 2 is 1.32 bits per heavy atom. The fraction of sp³-hybridized carbons (Fsp3) is 0.115. The van der Waals surface area contributed by atoms with Crippen molar-refractivity contribution in [3.63, 3.8) is 0 Å². The van der Waals surface area contributed by atoms with Gasteiger partial charge in [0.25, 0.3) is 6.71 Å². The van der Waals surface area contributed by atoms with Gasteiger partial charge in [0.05, 0.1) is 11.4 Å². The van der Waals surface area contributed by atoms with Gasteiger partial charge in [-0.15, -0.1) is 0 Å². The highest BCUT2D eigenvalue weighted by Crippen LogP contribution is 2.53. The van der Waals surface area contributed by atoms with E-state index in [1.807, 2.05) is 24.3 Å². The molecule has 0 unspecified atom stereocenters. The van der Waals surface area contributed by atoms with E-state index in [9.17, 15) is 0 Å². The molecule has 0 N–H and O–H groups in total. The number of hydrogen-bond acceptors (Lipinski definition) is 7. The zero-order chi connectivity index (χ0) is 39.5. The van der Waals surface area contributed by atoms with E-state index < -0.39 is 0 Å². The van der Waals surface area contributed by atoms with Gasteiger partial charge >= 0.3 is 0 Å². The molecule has 7 nitrogen and oxygen atoms in total. The van der Waals surface area contributed by atoms with Crippen LogP contribution in [-0.2, 0) is 6.42 Å². The van der Waals surface area contributed by atoms with Crippen molar-refractivity contribution in [3.8, 4) is 34.3 Å². The lowest BCUT2D eigenvalue weighted by Gasteiger charge is -2.45. The second-order valence-corrected chi connectivity index (χ2v) is 16.2. The van der Waals surface area contributed by atoms with Crippen LogP contribution < -0.4 is 45.1 Å². The number of allylic oxidation sites excluding steroid dienone is 1. The van der Waals surface area contributed by atoms with Crippen LogP contribution in [0.3, 0.4) is 0 Å². The Hall–Kier alpha value is -7.32. The molecule has 0 saturated carbocycles. The minimum atomic E-state index is -0.124. The number of benzene rings is 7. The molecule has 1 aromatic heterocycles. The van der Waals surface area contributed by atoms with Crippen molar-refractivity contribution in [3.05, 3.63) is 162 Å². The number of furan rings is 1. The average molecular weight is 781 g/mol. The lowest BCUT2D eigenvalue weighted by atomic mass is 9.33. The topological polar surface area (TPSA) is 56.5 Å². The highest BCUT2D eigenvalue weighted by atomic mass is 16.6. The third kappa shape index (κ3) is 4.97. The molecule has 0 radical (unpaired) electrons. The number of hydrogen-bond donors (Lipinski definition) is 0. The van der Waals surface area contributed by atoms with Crippen molar-refractivity contribution in [1.82, 2.24) is 0 Å². The first-order chi connectivity index (χ1) is 29.6. The van der Waals surface area contributed by atoms with Gasteiger partial charge in [-0.25, -0.2) is 0 Å². The highest BCUT2D eigenvalue weighted by molar-refractivity contribution is 7.00. The number of rotatable bonds is 4. The molecule has 0 saturated heterocycles. The van der Waals surface area contributed by atoms with Crippen molar-refractivity contribution < 1.29 is 23.4 Å². The number of ether oxygens (including phenoxy) is 4. The normalized spacial score (nSPS) is 15.3. The fourth-order valence-corrected chi connectivity index (χ4v) is 10.1. The first kappa shape index (κ1) is 33.6. The van der Waals surface area contributed by atoms with Crippen LogP contribution in [0.15, 0.2) is 144 Å². The molecule has 1 aliphatic carbocycles. The predicted molar refractivity (Wildman–Crippen MR) is 240 cm³/mol. The van der Waals surface area contributed by atoms with Gasteiger partial charge in [0.15, 0.2) is 23.0 Å². The maximum absolute atomic E-state index is 6.61.